The van der Waals surface area contributed by atoms with Crippen molar-refractivity contribution in [3.63, 3.8) is 0 Å². The number of nitrogens with zero attached hydrogens (tertiary/aromatic N) is 4. The number of hydrogen-bond acceptors (Lipinski definition) is 5. The first kappa shape index (κ1) is 14.9. The highest BCUT2D eigenvalue weighted by atomic mass is 15.2. The fourth-order valence-electron chi connectivity index (χ4n) is 4.31. The Balaban J connectivity index is 1.36. The molecule has 2 N–H and O–H groups in total. The van der Waals surface area contributed by atoms with Crippen molar-refractivity contribution in [3.05, 3.63) is 12.7 Å². The maximum atomic E-state index is 4.35. The number of nitrogens with one attached hydrogen (secondary N) is 2. The number of piperidine rings is 1. The largest absolute Gasteiger partial charge is 0.368 e. The average Bonchev–Trinajstić information content (AvgIpc) is 3.27. The summed E-state index contributed by atoms with van der Waals surface area (Å²) in [7, 11) is 0. The highest BCUT2D eigenvalue weighted by molar-refractivity contribution is 5.81. The molecule has 23 heavy (non-hydrogen) atoms. The standard InChI is InChI=1S/C17H26N6/c1-2-6-13(5-1)23-10-4-3-7-14(23)8-9-18-16-15-17(20-11-19-15)22-12-21-16/h11-14H,1-10H2,(H2,18,19,20,21,22). The molecule has 1 atom stereocenters. The summed E-state index contributed by atoms with van der Waals surface area (Å²) in [6, 6.07) is 1.58. The van der Waals surface area contributed by atoms with Crippen LogP contribution in [-0.2, 0) is 0 Å². The third-order valence-electron chi connectivity index (χ3n) is 5.46. The molecule has 1 saturated carbocycles. The Morgan fingerprint density at radius 2 is 1.96 bits per heavy atom. The summed E-state index contributed by atoms with van der Waals surface area (Å²) in [4.78, 5) is 18.6. The Labute approximate surface area is 137 Å². The lowest BCUT2D eigenvalue weighted by atomic mass is 9.96. The van der Waals surface area contributed by atoms with Gasteiger partial charge in [-0.05, 0) is 38.6 Å². The molecule has 6 nitrogen and oxygen atoms in total. The Morgan fingerprint density at radius 1 is 1.09 bits per heavy atom. The van der Waals surface area contributed by atoms with E-state index in [9.17, 15) is 0 Å². The van der Waals surface area contributed by atoms with Crippen LogP contribution in [0.5, 0.6) is 0 Å². The monoisotopic (exact) mass is 314 g/mol. The SMILES string of the molecule is c1nc(NCCC2CCCCN2C2CCCC2)c2[nH]cnc2n1. The summed E-state index contributed by atoms with van der Waals surface area (Å²) >= 11 is 0. The van der Waals surface area contributed by atoms with Crippen LogP contribution in [0.4, 0.5) is 5.82 Å². The molecule has 1 aliphatic carbocycles. The predicted octanol–water partition coefficient (Wildman–Crippen LogP) is 2.95. The fraction of sp³-hybridized carbons (Fsp3) is 0.706. The summed E-state index contributed by atoms with van der Waals surface area (Å²) in [6.45, 7) is 2.26. The van der Waals surface area contributed by atoms with Gasteiger partial charge in [0.2, 0.25) is 0 Å². The zero-order valence-electron chi connectivity index (χ0n) is 13.7. The molecular formula is C17H26N6. The van der Waals surface area contributed by atoms with E-state index in [4.69, 9.17) is 0 Å². The second kappa shape index (κ2) is 6.83. The number of aromatic amines is 1. The second-order valence-corrected chi connectivity index (χ2v) is 6.86. The molecular weight excluding hydrogens is 288 g/mol. The van der Waals surface area contributed by atoms with Crippen LogP contribution in [0.3, 0.4) is 0 Å². The number of aromatic nitrogens is 4. The molecule has 4 rings (SSSR count). The highest BCUT2D eigenvalue weighted by Gasteiger charge is 2.30. The fourth-order valence-corrected chi connectivity index (χ4v) is 4.31. The van der Waals surface area contributed by atoms with E-state index in [0.29, 0.717) is 0 Å². The normalized spacial score (nSPS) is 23.6. The quantitative estimate of drug-likeness (QED) is 0.888. The zero-order valence-corrected chi connectivity index (χ0v) is 13.7. The molecule has 1 unspecified atom stereocenters. The number of H-pyrrole nitrogens is 1. The van der Waals surface area contributed by atoms with Crippen LogP contribution in [-0.4, -0.2) is 50.0 Å². The number of hydrogen-bond donors (Lipinski definition) is 2. The number of rotatable bonds is 5. The van der Waals surface area contributed by atoms with Crippen molar-refractivity contribution in [2.45, 2.75) is 63.5 Å². The van der Waals surface area contributed by atoms with Gasteiger partial charge in [-0.3, -0.25) is 4.90 Å². The molecule has 0 bridgehead atoms. The van der Waals surface area contributed by atoms with Crippen LogP contribution in [0.2, 0.25) is 0 Å². The molecule has 2 aromatic rings. The van der Waals surface area contributed by atoms with Gasteiger partial charge in [-0.1, -0.05) is 19.3 Å². The Bertz CT molecular complexity index is 633. The lowest BCUT2D eigenvalue weighted by Crippen LogP contribution is -2.45. The number of fused-ring (bicyclic) bond motifs is 1. The third-order valence-corrected chi connectivity index (χ3v) is 5.46. The Hall–Kier alpha value is -1.69. The lowest BCUT2D eigenvalue weighted by molar-refractivity contribution is 0.0933. The summed E-state index contributed by atoms with van der Waals surface area (Å²) < 4.78 is 0. The van der Waals surface area contributed by atoms with Crippen molar-refractivity contribution in [2.75, 3.05) is 18.4 Å². The van der Waals surface area contributed by atoms with Crippen molar-refractivity contribution in [1.82, 2.24) is 24.8 Å². The average molecular weight is 314 g/mol. The van der Waals surface area contributed by atoms with E-state index < -0.39 is 0 Å². The molecule has 0 aromatic carbocycles. The van der Waals surface area contributed by atoms with Gasteiger partial charge < -0.3 is 10.3 Å². The summed E-state index contributed by atoms with van der Waals surface area (Å²) in [6.07, 6.45) is 14.2. The van der Waals surface area contributed by atoms with E-state index in [1.54, 1.807) is 12.7 Å². The van der Waals surface area contributed by atoms with E-state index in [0.717, 1.165) is 35.6 Å². The van der Waals surface area contributed by atoms with Crippen molar-refractivity contribution in [3.8, 4) is 0 Å². The van der Waals surface area contributed by atoms with Crippen LogP contribution in [0.25, 0.3) is 11.2 Å². The van der Waals surface area contributed by atoms with Crippen molar-refractivity contribution < 1.29 is 0 Å². The molecule has 1 saturated heterocycles. The minimum absolute atomic E-state index is 0.729. The summed E-state index contributed by atoms with van der Waals surface area (Å²) in [5.41, 5.74) is 1.64. The summed E-state index contributed by atoms with van der Waals surface area (Å²) in [5.74, 6) is 0.871. The van der Waals surface area contributed by atoms with E-state index in [-0.39, 0.29) is 0 Å². The first-order valence-corrected chi connectivity index (χ1v) is 9.05. The summed E-state index contributed by atoms with van der Waals surface area (Å²) in [5, 5.41) is 3.48. The maximum Gasteiger partial charge on any atom is 0.182 e. The van der Waals surface area contributed by atoms with Gasteiger partial charge in [0.25, 0.3) is 0 Å². The van der Waals surface area contributed by atoms with Gasteiger partial charge in [-0.25, -0.2) is 15.0 Å². The highest BCUT2D eigenvalue weighted by Crippen LogP contribution is 2.30. The van der Waals surface area contributed by atoms with Gasteiger partial charge in [0, 0.05) is 18.6 Å². The molecule has 124 valence electrons. The van der Waals surface area contributed by atoms with Crippen molar-refractivity contribution in [2.24, 2.45) is 0 Å². The van der Waals surface area contributed by atoms with Crippen LogP contribution in [0, 0.1) is 0 Å². The second-order valence-electron chi connectivity index (χ2n) is 6.86. The zero-order chi connectivity index (χ0) is 15.5. The minimum Gasteiger partial charge on any atom is -0.368 e. The molecule has 0 spiro atoms. The van der Waals surface area contributed by atoms with Gasteiger partial charge in [-0.15, -0.1) is 0 Å². The molecule has 2 aromatic heterocycles. The number of anilines is 1. The van der Waals surface area contributed by atoms with Crippen molar-refractivity contribution >= 4 is 17.0 Å². The van der Waals surface area contributed by atoms with Gasteiger partial charge >= 0.3 is 0 Å². The Morgan fingerprint density at radius 3 is 2.87 bits per heavy atom. The maximum absolute atomic E-state index is 4.35. The number of imidazole rings is 1. The molecule has 6 heteroatoms. The van der Waals surface area contributed by atoms with E-state index in [1.807, 2.05) is 0 Å². The molecule has 2 aliphatic rings. The van der Waals surface area contributed by atoms with Gasteiger partial charge in [0.15, 0.2) is 11.5 Å². The predicted molar refractivity (Wildman–Crippen MR) is 91.4 cm³/mol. The van der Waals surface area contributed by atoms with E-state index in [2.05, 4.69) is 30.2 Å². The van der Waals surface area contributed by atoms with Gasteiger partial charge in [0.05, 0.1) is 6.33 Å². The van der Waals surface area contributed by atoms with Crippen LogP contribution >= 0.6 is 0 Å². The molecule has 2 fully saturated rings. The van der Waals surface area contributed by atoms with Crippen LogP contribution in [0.15, 0.2) is 12.7 Å². The topological polar surface area (TPSA) is 69.7 Å². The smallest absolute Gasteiger partial charge is 0.182 e. The Kier molecular flexibility index (Phi) is 4.41. The number of likely N-dealkylation sites (tertiary alicyclic amines) is 1. The third kappa shape index (κ3) is 3.17. The molecule has 3 heterocycles. The van der Waals surface area contributed by atoms with Crippen LogP contribution < -0.4 is 5.32 Å². The lowest BCUT2D eigenvalue weighted by Gasteiger charge is -2.40. The van der Waals surface area contributed by atoms with Crippen molar-refractivity contribution in [1.29, 1.82) is 0 Å². The molecule has 0 amide bonds. The van der Waals surface area contributed by atoms with Gasteiger partial charge in [0.1, 0.15) is 11.8 Å². The van der Waals surface area contributed by atoms with E-state index in [1.165, 1.54) is 57.9 Å². The first-order chi connectivity index (χ1) is 11.4. The molecule has 0 radical (unpaired) electrons. The van der Waals surface area contributed by atoms with E-state index >= 15 is 0 Å². The molecule has 1 aliphatic heterocycles. The first-order valence-electron chi connectivity index (χ1n) is 9.05. The minimum atomic E-state index is 0.729. The van der Waals surface area contributed by atoms with Gasteiger partial charge in [-0.2, -0.15) is 0 Å². The van der Waals surface area contributed by atoms with Crippen LogP contribution in [0.1, 0.15) is 51.4 Å².